The van der Waals surface area contributed by atoms with E-state index >= 15 is 0 Å². The Balaban J connectivity index is 1.27. The SMILES string of the molecule is [Br][Mg][c]1ccc(OCCCN2CCN(C(c3ccccc3)c3ccccc3)CC2)cc1. The number of hydrogen-bond donors (Lipinski definition) is 0. The number of hydrogen-bond acceptors (Lipinski definition) is 3. The second kappa shape index (κ2) is 12.0. The molecule has 0 aromatic heterocycles. The smallest absolute Gasteiger partial charge is 0.494 e. The van der Waals surface area contributed by atoms with Crippen molar-refractivity contribution in [3.8, 4) is 5.75 Å². The van der Waals surface area contributed by atoms with Crippen molar-refractivity contribution in [3.05, 3.63) is 96.1 Å². The van der Waals surface area contributed by atoms with E-state index in [2.05, 4.69) is 108 Å². The van der Waals surface area contributed by atoms with Crippen LogP contribution in [0.1, 0.15) is 23.6 Å². The minimum absolute atomic E-state index is 0.260. The summed E-state index contributed by atoms with van der Waals surface area (Å²) in [5.74, 6) is 0.983. The molecule has 0 unspecified atom stereocenters. The van der Waals surface area contributed by atoms with Gasteiger partial charge in [-0.2, -0.15) is 3.69 Å². The van der Waals surface area contributed by atoms with Gasteiger partial charge >= 0.3 is 18.2 Å². The van der Waals surface area contributed by atoms with Crippen LogP contribution in [0.2, 0.25) is 0 Å². The van der Waals surface area contributed by atoms with Crippen LogP contribution < -0.4 is 8.43 Å². The molecule has 3 aromatic carbocycles. The Morgan fingerprint density at radius 2 is 1.35 bits per heavy atom. The predicted octanol–water partition coefficient (Wildman–Crippen LogP) is 4.50. The van der Waals surface area contributed by atoms with Crippen LogP contribution in [0.4, 0.5) is 0 Å². The number of benzene rings is 3. The fraction of sp³-hybridized carbons (Fsp3) is 0.308. The molecule has 0 N–H and O–H groups in total. The number of ether oxygens (including phenoxy) is 1. The highest BCUT2D eigenvalue weighted by atomic mass is 79.9. The van der Waals surface area contributed by atoms with Gasteiger partial charge < -0.3 is 9.64 Å². The summed E-state index contributed by atoms with van der Waals surface area (Å²) >= 11 is 3.36. The third kappa shape index (κ3) is 6.56. The maximum atomic E-state index is 5.93. The molecule has 4 rings (SSSR count). The molecule has 1 saturated heterocycles. The van der Waals surface area contributed by atoms with E-state index in [-0.39, 0.29) is 18.2 Å². The first kappa shape index (κ1) is 22.8. The van der Waals surface area contributed by atoms with Crippen molar-refractivity contribution < 1.29 is 4.74 Å². The zero-order valence-electron chi connectivity index (χ0n) is 18.0. The van der Waals surface area contributed by atoms with Crippen LogP contribution in [-0.2, 0) is 0 Å². The van der Waals surface area contributed by atoms with Gasteiger partial charge in [-0.15, -0.1) is 0 Å². The normalized spacial score (nSPS) is 15.0. The minimum Gasteiger partial charge on any atom is -0.494 e. The van der Waals surface area contributed by atoms with E-state index < -0.39 is 0 Å². The number of rotatable bonds is 9. The Labute approximate surface area is 202 Å². The van der Waals surface area contributed by atoms with Gasteiger partial charge in [-0.3, -0.25) is 17.8 Å². The zero-order chi connectivity index (χ0) is 21.3. The van der Waals surface area contributed by atoms with Crippen LogP contribution in [0.3, 0.4) is 0 Å². The zero-order valence-corrected chi connectivity index (χ0v) is 21.0. The molecular weight excluding hydrogens is 461 g/mol. The molecule has 0 saturated carbocycles. The minimum atomic E-state index is -0.260. The van der Waals surface area contributed by atoms with Gasteiger partial charge in [0.1, 0.15) is 5.75 Å². The highest BCUT2D eigenvalue weighted by Gasteiger charge is 2.26. The maximum Gasteiger partial charge on any atom is 0.506 e. The third-order valence-electron chi connectivity index (χ3n) is 5.97. The van der Waals surface area contributed by atoms with E-state index in [0.717, 1.165) is 51.5 Å². The molecule has 0 aliphatic carbocycles. The van der Waals surface area contributed by atoms with E-state index in [1.165, 1.54) is 14.8 Å². The van der Waals surface area contributed by atoms with E-state index in [9.17, 15) is 0 Å². The van der Waals surface area contributed by atoms with Crippen molar-refractivity contribution in [1.82, 2.24) is 9.80 Å². The lowest BCUT2D eigenvalue weighted by molar-refractivity contribution is 0.105. The highest BCUT2D eigenvalue weighted by Crippen LogP contribution is 2.29. The summed E-state index contributed by atoms with van der Waals surface area (Å²) in [7, 11) is 0. The van der Waals surface area contributed by atoms with E-state index in [0.29, 0.717) is 6.04 Å². The average Bonchev–Trinajstić information content (AvgIpc) is 2.85. The first-order chi connectivity index (χ1) is 15.3. The largest absolute Gasteiger partial charge is 0.506 e. The molecular formula is C26H29BrMgN2O. The van der Waals surface area contributed by atoms with Gasteiger partial charge in [0.15, 0.2) is 0 Å². The summed E-state index contributed by atoms with van der Waals surface area (Å²) in [4.78, 5) is 5.21. The molecule has 1 aliphatic rings. The third-order valence-corrected chi connectivity index (χ3v) is 8.69. The molecule has 1 fully saturated rings. The topological polar surface area (TPSA) is 15.7 Å². The van der Waals surface area contributed by atoms with E-state index in [4.69, 9.17) is 4.74 Å². The van der Waals surface area contributed by atoms with Gasteiger partial charge in [-0.25, -0.2) is 0 Å². The van der Waals surface area contributed by atoms with Crippen molar-refractivity contribution >= 4 is 34.8 Å². The molecule has 1 heterocycles. The fourth-order valence-corrected chi connectivity index (χ4v) is 5.82. The van der Waals surface area contributed by atoms with Crippen LogP contribution in [0.15, 0.2) is 84.9 Å². The number of piperazine rings is 1. The Morgan fingerprint density at radius 1 is 0.774 bits per heavy atom. The highest BCUT2D eigenvalue weighted by molar-refractivity contribution is 9.23. The molecule has 0 bridgehead atoms. The van der Waals surface area contributed by atoms with Crippen molar-refractivity contribution in [2.24, 2.45) is 0 Å². The van der Waals surface area contributed by atoms with Crippen LogP contribution in [0.25, 0.3) is 0 Å². The predicted molar refractivity (Wildman–Crippen MR) is 134 cm³/mol. The monoisotopic (exact) mass is 488 g/mol. The molecule has 0 amide bonds. The van der Waals surface area contributed by atoms with Crippen LogP contribution in [0, 0.1) is 0 Å². The van der Waals surface area contributed by atoms with Gasteiger partial charge in [-0.05, 0) is 29.7 Å². The molecule has 3 aromatic rings. The van der Waals surface area contributed by atoms with Crippen molar-refractivity contribution in [3.63, 3.8) is 0 Å². The lowest BCUT2D eigenvalue weighted by atomic mass is 9.96. The maximum absolute atomic E-state index is 5.93. The van der Waals surface area contributed by atoms with Crippen LogP contribution in [0.5, 0.6) is 5.75 Å². The van der Waals surface area contributed by atoms with Gasteiger partial charge in [0.2, 0.25) is 0 Å². The van der Waals surface area contributed by atoms with E-state index in [1.807, 2.05) is 0 Å². The molecule has 5 heteroatoms. The molecule has 158 valence electrons. The van der Waals surface area contributed by atoms with Gasteiger partial charge in [0.05, 0.1) is 12.6 Å². The summed E-state index contributed by atoms with van der Waals surface area (Å²) in [5.41, 5.74) is 2.76. The van der Waals surface area contributed by atoms with Gasteiger partial charge in [0.25, 0.3) is 0 Å². The van der Waals surface area contributed by atoms with Crippen molar-refractivity contribution in [2.75, 3.05) is 39.3 Å². The summed E-state index contributed by atoms with van der Waals surface area (Å²) in [6, 6.07) is 30.7. The summed E-state index contributed by atoms with van der Waals surface area (Å²) < 4.78 is 7.35. The Kier molecular flexibility index (Phi) is 8.85. The van der Waals surface area contributed by atoms with Crippen molar-refractivity contribution in [1.29, 1.82) is 0 Å². The quantitative estimate of drug-likeness (QED) is 0.325. The van der Waals surface area contributed by atoms with Gasteiger partial charge in [-0.1, -0.05) is 72.8 Å². The summed E-state index contributed by atoms with van der Waals surface area (Å²) in [6.45, 7) is 6.28. The second-order valence-electron chi connectivity index (χ2n) is 8.08. The lowest BCUT2D eigenvalue weighted by Gasteiger charge is -2.39. The second-order valence-corrected chi connectivity index (χ2v) is 10.8. The fourth-order valence-electron chi connectivity index (χ4n) is 4.28. The van der Waals surface area contributed by atoms with E-state index in [1.54, 1.807) is 0 Å². The summed E-state index contributed by atoms with van der Waals surface area (Å²) in [6.07, 6.45) is 1.07. The van der Waals surface area contributed by atoms with Gasteiger partial charge in [0, 0.05) is 32.7 Å². The number of halogens is 1. The van der Waals surface area contributed by atoms with Crippen molar-refractivity contribution in [2.45, 2.75) is 12.5 Å². The molecule has 0 radical (unpaired) electrons. The first-order valence-electron chi connectivity index (χ1n) is 11.2. The average molecular weight is 490 g/mol. The Morgan fingerprint density at radius 3 is 1.90 bits per heavy atom. The molecule has 31 heavy (non-hydrogen) atoms. The molecule has 0 spiro atoms. The molecule has 0 atom stereocenters. The summed E-state index contributed by atoms with van der Waals surface area (Å²) in [5, 5.41) is 0. The Bertz CT molecular complexity index is 860. The Hall–Kier alpha value is -1.37. The molecule has 3 nitrogen and oxygen atoms in total. The standard InChI is InChI=1S/C26H29N2O.BrH.Mg/c1-4-11-23(12-5-1)26(24-13-6-2-7-14-24)28-20-18-27(19-21-28)17-10-22-29-25-15-8-3-9-16-25;;/h1-2,4-9,11-16,26H,10,17-22H2;1H;/q;;+1/p-1. The number of nitrogens with zero attached hydrogens (tertiary/aromatic N) is 2. The van der Waals surface area contributed by atoms with Crippen LogP contribution >= 0.6 is 12.9 Å². The van der Waals surface area contributed by atoms with Crippen LogP contribution in [-0.4, -0.2) is 67.3 Å². The molecule has 1 aliphatic heterocycles. The first-order valence-corrected chi connectivity index (χ1v) is 15.8. The lowest BCUT2D eigenvalue weighted by Crippen LogP contribution is -2.48.